The summed E-state index contributed by atoms with van der Waals surface area (Å²) in [5, 5.41) is 48.1. The van der Waals surface area contributed by atoms with Gasteiger partial charge in [-0.05, 0) is 23.8 Å². The van der Waals surface area contributed by atoms with E-state index in [4.69, 9.17) is 4.74 Å². The van der Waals surface area contributed by atoms with Gasteiger partial charge in [0.25, 0.3) is 0 Å². The average Bonchev–Trinajstić information content (AvgIpc) is 2.44. The number of benzene rings is 2. The fraction of sp³-hybridized carbons (Fsp3) is 0.200. The van der Waals surface area contributed by atoms with Crippen LogP contribution < -0.4 is 4.74 Å². The number of phenolic OH excluding ortho intramolecular Hbond substituents is 4. The second-order valence-electron chi connectivity index (χ2n) is 5.01. The molecule has 0 saturated heterocycles. The van der Waals surface area contributed by atoms with E-state index in [0.29, 0.717) is 17.7 Å². The van der Waals surface area contributed by atoms with Gasteiger partial charge in [-0.25, -0.2) is 0 Å². The van der Waals surface area contributed by atoms with Crippen molar-refractivity contribution in [3.05, 3.63) is 41.5 Å². The van der Waals surface area contributed by atoms with Gasteiger partial charge in [-0.2, -0.15) is 0 Å². The number of phenols is 4. The van der Waals surface area contributed by atoms with E-state index in [1.165, 1.54) is 24.3 Å². The van der Waals surface area contributed by atoms with E-state index in [0.717, 1.165) is 5.56 Å². The van der Waals surface area contributed by atoms with Crippen molar-refractivity contribution in [3.8, 4) is 28.7 Å². The van der Waals surface area contributed by atoms with Crippen LogP contribution in [0.25, 0.3) is 0 Å². The first-order chi connectivity index (χ1) is 9.95. The van der Waals surface area contributed by atoms with Crippen LogP contribution in [0.15, 0.2) is 30.3 Å². The summed E-state index contributed by atoms with van der Waals surface area (Å²) in [5.41, 5.74) is 1.08. The third kappa shape index (κ3) is 2.30. The van der Waals surface area contributed by atoms with Crippen LogP contribution in [0, 0.1) is 0 Å². The highest BCUT2D eigenvalue weighted by molar-refractivity contribution is 5.52. The summed E-state index contributed by atoms with van der Waals surface area (Å²) in [6.45, 7) is 0. The van der Waals surface area contributed by atoms with E-state index in [1.807, 2.05) is 0 Å². The Morgan fingerprint density at radius 2 is 1.62 bits per heavy atom. The molecule has 0 amide bonds. The molecule has 0 unspecified atom stereocenters. The van der Waals surface area contributed by atoms with Crippen molar-refractivity contribution in [1.82, 2.24) is 0 Å². The minimum absolute atomic E-state index is 0.0419. The van der Waals surface area contributed by atoms with Gasteiger partial charge in [-0.1, -0.05) is 6.07 Å². The van der Waals surface area contributed by atoms with Crippen LogP contribution in [0.3, 0.4) is 0 Å². The molecule has 110 valence electrons. The monoisotopic (exact) mass is 290 g/mol. The zero-order chi connectivity index (χ0) is 15.1. The second-order valence-corrected chi connectivity index (χ2v) is 5.01. The largest absolute Gasteiger partial charge is 0.508 e. The van der Waals surface area contributed by atoms with Crippen molar-refractivity contribution >= 4 is 0 Å². The molecule has 3 rings (SSSR count). The summed E-state index contributed by atoms with van der Waals surface area (Å²) in [5.74, 6) is -1.15. The van der Waals surface area contributed by atoms with Crippen molar-refractivity contribution < 1.29 is 30.3 Å². The van der Waals surface area contributed by atoms with E-state index in [-0.39, 0.29) is 5.75 Å². The van der Waals surface area contributed by atoms with Crippen molar-refractivity contribution in [1.29, 1.82) is 0 Å². The molecule has 0 radical (unpaired) electrons. The summed E-state index contributed by atoms with van der Waals surface area (Å²) < 4.78 is 5.65. The van der Waals surface area contributed by atoms with Crippen LogP contribution in [-0.4, -0.2) is 31.6 Å². The molecule has 1 heterocycles. The maximum Gasteiger partial charge on any atom is 0.200 e. The van der Waals surface area contributed by atoms with Crippen LogP contribution in [-0.2, 0) is 6.42 Å². The number of hydrogen-bond acceptors (Lipinski definition) is 6. The van der Waals surface area contributed by atoms with E-state index >= 15 is 0 Å². The Morgan fingerprint density at radius 3 is 2.29 bits per heavy atom. The zero-order valence-electron chi connectivity index (χ0n) is 10.9. The molecule has 0 bridgehead atoms. The molecule has 2 atom stereocenters. The first-order valence-electron chi connectivity index (χ1n) is 6.37. The van der Waals surface area contributed by atoms with Crippen LogP contribution in [0.4, 0.5) is 0 Å². The lowest BCUT2D eigenvalue weighted by molar-refractivity contribution is 0.0204. The van der Waals surface area contributed by atoms with E-state index in [1.54, 1.807) is 6.07 Å². The molecule has 0 aliphatic carbocycles. The minimum atomic E-state index is -0.884. The molecule has 0 aromatic heterocycles. The maximum atomic E-state index is 10.2. The van der Waals surface area contributed by atoms with Crippen LogP contribution in [0.2, 0.25) is 0 Å². The van der Waals surface area contributed by atoms with E-state index in [2.05, 4.69) is 0 Å². The lowest BCUT2D eigenvalue weighted by atomic mass is 9.94. The van der Waals surface area contributed by atoms with Gasteiger partial charge in [0.05, 0.1) is 6.10 Å². The smallest absolute Gasteiger partial charge is 0.200 e. The molecule has 21 heavy (non-hydrogen) atoms. The second kappa shape index (κ2) is 4.75. The zero-order valence-corrected chi connectivity index (χ0v) is 10.9. The Morgan fingerprint density at radius 1 is 0.952 bits per heavy atom. The SMILES string of the molecule is Oc1ccc2c(c1)O[C@H](c1cc(O)c(O)c(O)c1)[C@@H](O)C2. The molecule has 6 nitrogen and oxygen atoms in total. The Labute approximate surface area is 120 Å². The fourth-order valence-electron chi connectivity index (χ4n) is 2.45. The number of aromatic hydroxyl groups is 4. The average molecular weight is 290 g/mol. The summed E-state index contributed by atoms with van der Waals surface area (Å²) in [4.78, 5) is 0. The molecule has 5 N–H and O–H groups in total. The van der Waals surface area contributed by atoms with Crippen LogP contribution in [0.5, 0.6) is 28.7 Å². The van der Waals surface area contributed by atoms with Crippen molar-refractivity contribution in [2.45, 2.75) is 18.6 Å². The van der Waals surface area contributed by atoms with E-state index in [9.17, 15) is 25.5 Å². The van der Waals surface area contributed by atoms with Gasteiger partial charge in [0.1, 0.15) is 11.5 Å². The van der Waals surface area contributed by atoms with E-state index < -0.39 is 29.5 Å². The van der Waals surface area contributed by atoms with Gasteiger partial charge < -0.3 is 30.3 Å². The normalized spacial score (nSPS) is 20.6. The number of aliphatic hydroxyl groups is 1. The van der Waals surface area contributed by atoms with Gasteiger partial charge >= 0.3 is 0 Å². The Balaban J connectivity index is 2.00. The maximum absolute atomic E-state index is 10.2. The number of hydrogen-bond donors (Lipinski definition) is 5. The Bertz CT molecular complexity index is 674. The third-order valence-electron chi connectivity index (χ3n) is 3.50. The van der Waals surface area contributed by atoms with Gasteiger partial charge in [0.2, 0.25) is 0 Å². The summed E-state index contributed by atoms with van der Waals surface area (Å²) in [7, 11) is 0. The number of aliphatic hydroxyl groups excluding tert-OH is 1. The molecule has 1 aliphatic heterocycles. The van der Waals surface area contributed by atoms with Gasteiger partial charge in [0, 0.05) is 18.1 Å². The molecule has 2 aromatic carbocycles. The van der Waals surface area contributed by atoms with Crippen molar-refractivity contribution in [2.75, 3.05) is 0 Å². The molecule has 6 heteroatoms. The molecule has 0 spiro atoms. The number of fused-ring (bicyclic) bond motifs is 1. The standard InChI is InChI=1S/C15H14O6/c16-9-2-1-7-3-12(19)15(21-13(7)6-9)8-4-10(17)14(20)11(18)5-8/h1-2,4-6,12,15-20H,3H2/t12-,15+/m0/s1. The van der Waals surface area contributed by atoms with Crippen LogP contribution >= 0.6 is 0 Å². The summed E-state index contributed by atoms with van der Waals surface area (Å²) in [6, 6.07) is 7.05. The molecular formula is C15H14O6. The topological polar surface area (TPSA) is 110 Å². The molecule has 0 saturated carbocycles. The molecule has 2 aromatic rings. The Hall–Kier alpha value is -2.60. The van der Waals surface area contributed by atoms with Crippen LogP contribution in [0.1, 0.15) is 17.2 Å². The Kier molecular flexibility index (Phi) is 3.03. The molecular weight excluding hydrogens is 276 g/mol. The summed E-state index contributed by atoms with van der Waals surface area (Å²) in [6.07, 6.45) is -1.40. The predicted molar refractivity (Wildman–Crippen MR) is 72.6 cm³/mol. The van der Waals surface area contributed by atoms with Gasteiger partial charge in [-0.3, -0.25) is 0 Å². The highest BCUT2D eigenvalue weighted by atomic mass is 16.5. The quantitative estimate of drug-likeness (QED) is 0.510. The number of rotatable bonds is 1. The lowest BCUT2D eigenvalue weighted by Crippen LogP contribution is -2.30. The third-order valence-corrected chi connectivity index (χ3v) is 3.50. The molecule has 0 fully saturated rings. The lowest BCUT2D eigenvalue weighted by Gasteiger charge is -2.31. The van der Waals surface area contributed by atoms with Crippen molar-refractivity contribution in [3.63, 3.8) is 0 Å². The predicted octanol–water partition coefficient (Wildman–Crippen LogP) is 1.55. The summed E-state index contributed by atoms with van der Waals surface area (Å²) >= 11 is 0. The van der Waals surface area contributed by atoms with Crippen molar-refractivity contribution in [2.24, 2.45) is 0 Å². The van der Waals surface area contributed by atoms with Gasteiger partial charge in [0.15, 0.2) is 23.4 Å². The first-order valence-corrected chi connectivity index (χ1v) is 6.37. The first kappa shape index (κ1) is 13.4. The van der Waals surface area contributed by atoms with Gasteiger partial charge in [-0.15, -0.1) is 0 Å². The molecule has 1 aliphatic rings. The highest BCUT2D eigenvalue weighted by Crippen LogP contribution is 2.42. The minimum Gasteiger partial charge on any atom is -0.508 e. The highest BCUT2D eigenvalue weighted by Gasteiger charge is 2.31. The fourth-order valence-corrected chi connectivity index (χ4v) is 2.45. The number of ether oxygens (including phenoxy) is 1.